The molecule has 2 aromatic rings. The van der Waals surface area contributed by atoms with Gasteiger partial charge in [-0.25, -0.2) is 23.7 Å². The van der Waals surface area contributed by atoms with Gasteiger partial charge in [-0.1, -0.05) is 94.9 Å². The second kappa shape index (κ2) is 21.0. The number of hydrogen-bond acceptors (Lipinski definition) is 8. The molecule has 0 aliphatic carbocycles. The molecule has 0 aliphatic rings. The third-order valence-electron chi connectivity index (χ3n) is 7.17. The molecular formula is C29H51F2N5O4P+. The number of anilines is 1. The predicted molar refractivity (Wildman–Crippen MR) is 159 cm³/mol. The smallest absolute Gasteiger partial charge is 0.382 e. The van der Waals surface area contributed by atoms with Crippen molar-refractivity contribution in [3.8, 4) is 0 Å². The standard InChI is InChI=1S/C29H51F2N5O4P/c1-3-4-5-6-7-8-9-10-11-12-13-14-15-16-18-29(30,31)19-17-20-39-41(37)40-24-38-25(2)21-36-23-35-26-27(32)33-22-34-28(26)36/h22-23,25H,3-21,24H2,1-2H3,(H2,32,33,34)/q+1/t25-/m1/s1. The molecule has 0 aromatic carbocycles. The van der Waals surface area contributed by atoms with Crippen LogP contribution in [0.3, 0.4) is 0 Å². The lowest BCUT2D eigenvalue weighted by molar-refractivity contribution is -0.0389. The maximum Gasteiger partial charge on any atom is 0.699 e. The molecule has 0 radical (unpaired) electrons. The molecule has 2 rings (SSSR count). The number of rotatable bonds is 26. The van der Waals surface area contributed by atoms with Crippen LogP contribution in [0.5, 0.6) is 0 Å². The molecule has 12 heteroatoms. The number of fused-ring (bicyclic) bond motifs is 1. The second-order valence-corrected chi connectivity index (χ2v) is 11.9. The van der Waals surface area contributed by atoms with Gasteiger partial charge in [-0.15, -0.1) is 4.52 Å². The molecule has 2 heterocycles. The van der Waals surface area contributed by atoms with Gasteiger partial charge in [-0.05, 0) is 19.8 Å². The third kappa shape index (κ3) is 15.8. The highest BCUT2D eigenvalue weighted by atomic mass is 31.1. The summed E-state index contributed by atoms with van der Waals surface area (Å²) in [6, 6.07) is 0. The first-order chi connectivity index (χ1) is 19.8. The van der Waals surface area contributed by atoms with Gasteiger partial charge in [0.15, 0.2) is 11.5 Å². The maximum atomic E-state index is 14.2. The van der Waals surface area contributed by atoms with Crippen LogP contribution in [0.4, 0.5) is 14.6 Å². The summed E-state index contributed by atoms with van der Waals surface area (Å²) in [5, 5.41) is 0. The van der Waals surface area contributed by atoms with Crippen molar-refractivity contribution < 1.29 is 27.1 Å². The Hall–Kier alpha value is -1.81. The van der Waals surface area contributed by atoms with Crippen LogP contribution in [0.15, 0.2) is 12.7 Å². The van der Waals surface area contributed by atoms with Gasteiger partial charge >= 0.3 is 8.25 Å². The molecule has 2 atom stereocenters. The van der Waals surface area contributed by atoms with Gasteiger partial charge in [0.1, 0.15) is 18.5 Å². The summed E-state index contributed by atoms with van der Waals surface area (Å²) in [5.74, 6) is -2.43. The van der Waals surface area contributed by atoms with E-state index < -0.39 is 14.2 Å². The van der Waals surface area contributed by atoms with Crippen LogP contribution in [0.1, 0.15) is 123 Å². The highest BCUT2D eigenvalue weighted by Crippen LogP contribution is 2.29. The topological polar surface area (TPSA) is 114 Å². The lowest BCUT2D eigenvalue weighted by Gasteiger charge is -2.15. The van der Waals surface area contributed by atoms with Crippen LogP contribution in [0, 0.1) is 0 Å². The van der Waals surface area contributed by atoms with Gasteiger partial charge < -0.3 is 15.0 Å². The number of nitrogens with two attached hydrogens (primary N) is 1. The Bertz CT molecular complexity index is 982. The van der Waals surface area contributed by atoms with Gasteiger partial charge in [0.05, 0.1) is 19.0 Å². The van der Waals surface area contributed by atoms with E-state index in [2.05, 4.69) is 21.9 Å². The zero-order valence-electron chi connectivity index (χ0n) is 25.1. The maximum absolute atomic E-state index is 14.2. The highest BCUT2D eigenvalue weighted by Gasteiger charge is 2.29. The highest BCUT2D eigenvalue weighted by molar-refractivity contribution is 7.33. The van der Waals surface area contributed by atoms with Crippen molar-refractivity contribution in [2.75, 3.05) is 19.1 Å². The van der Waals surface area contributed by atoms with Crippen LogP contribution < -0.4 is 5.73 Å². The Morgan fingerprint density at radius 3 is 2.10 bits per heavy atom. The summed E-state index contributed by atoms with van der Waals surface area (Å²) in [5.41, 5.74) is 6.89. The van der Waals surface area contributed by atoms with Crippen LogP contribution >= 0.6 is 8.25 Å². The van der Waals surface area contributed by atoms with E-state index in [1.54, 1.807) is 10.9 Å². The monoisotopic (exact) mass is 602 g/mol. The lowest BCUT2D eigenvalue weighted by atomic mass is 10.0. The number of aromatic nitrogens is 4. The van der Waals surface area contributed by atoms with Gasteiger partial charge in [0, 0.05) is 17.4 Å². The molecule has 0 saturated heterocycles. The average Bonchev–Trinajstić information content (AvgIpc) is 3.35. The molecule has 0 aliphatic heterocycles. The van der Waals surface area contributed by atoms with E-state index in [0.717, 1.165) is 19.3 Å². The second-order valence-electron chi connectivity index (χ2n) is 10.9. The molecule has 0 saturated carbocycles. The zero-order chi connectivity index (χ0) is 29.8. The van der Waals surface area contributed by atoms with Crippen molar-refractivity contribution in [1.29, 1.82) is 0 Å². The minimum absolute atomic E-state index is 0.0543. The first-order valence-corrected chi connectivity index (χ1v) is 16.6. The molecule has 9 nitrogen and oxygen atoms in total. The molecule has 1 unspecified atom stereocenters. The quantitative estimate of drug-likeness (QED) is 0.0646. The fourth-order valence-electron chi connectivity index (χ4n) is 4.76. The number of unbranched alkanes of at least 4 members (excludes halogenated alkanes) is 13. The number of ether oxygens (including phenoxy) is 1. The molecule has 0 amide bonds. The molecule has 0 bridgehead atoms. The van der Waals surface area contributed by atoms with E-state index in [9.17, 15) is 13.3 Å². The number of halogens is 2. The number of imidazole rings is 1. The normalized spacial score (nSPS) is 13.2. The third-order valence-corrected chi connectivity index (χ3v) is 7.88. The largest absolute Gasteiger partial charge is 0.699 e. The minimum Gasteiger partial charge on any atom is -0.382 e. The van der Waals surface area contributed by atoms with Gasteiger partial charge in [0.2, 0.25) is 12.7 Å². The Labute approximate surface area is 245 Å². The first kappa shape index (κ1) is 35.4. The zero-order valence-corrected chi connectivity index (χ0v) is 26.0. The van der Waals surface area contributed by atoms with Crippen molar-refractivity contribution in [3.63, 3.8) is 0 Å². The van der Waals surface area contributed by atoms with Crippen LogP contribution in [0.2, 0.25) is 0 Å². The van der Waals surface area contributed by atoms with Crippen LogP contribution in [-0.4, -0.2) is 44.9 Å². The summed E-state index contributed by atoms with van der Waals surface area (Å²) in [6.45, 7) is 4.17. The summed E-state index contributed by atoms with van der Waals surface area (Å²) in [7, 11) is -2.45. The molecular weight excluding hydrogens is 551 g/mol. The summed E-state index contributed by atoms with van der Waals surface area (Å²) >= 11 is 0. The van der Waals surface area contributed by atoms with Crippen LogP contribution in [0.25, 0.3) is 11.2 Å². The molecule has 41 heavy (non-hydrogen) atoms. The number of nitrogens with zero attached hydrogens (tertiary/aromatic N) is 4. The molecule has 0 fully saturated rings. The average molecular weight is 603 g/mol. The van der Waals surface area contributed by atoms with E-state index in [1.165, 1.54) is 70.5 Å². The molecule has 2 aromatic heterocycles. The summed E-state index contributed by atoms with van der Waals surface area (Å²) in [6.07, 6.45) is 19.1. The van der Waals surface area contributed by atoms with E-state index in [1.807, 2.05) is 6.92 Å². The fourth-order valence-corrected chi connectivity index (χ4v) is 5.26. The molecule has 234 valence electrons. The SMILES string of the molecule is CCCCCCCCCCCCCCCCC(F)(F)CCCO[P+](=O)OCO[C@H](C)Cn1cnc2c(N)ncnc21. The Morgan fingerprint density at radius 1 is 0.878 bits per heavy atom. The van der Waals surface area contributed by atoms with Gasteiger partial charge in [-0.3, -0.25) is 0 Å². The predicted octanol–water partition coefficient (Wildman–Crippen LogP) is 8.75. The van der Waals surface area contributed by atoms with Crippen molar-refractivity contribution in [2.24, 2.45) is 0 Å². The Balaban J connectivity index is 1.41. The number of hydrogen-bond donors (Lipinski definition) is 1. The lowest BCUT2D eigenvalue weighted by Crippen LogP contribution is -2.17. The number of alkyl halides is 2. The Morgan fingerprint density at radius 2 is 1.46 bits per heavy atom. The number of nitrogen functional groups attached to an aromatic ring is 1. The summed E-state index contributed by atoms with van der Waals surface area (Å²) in [4.78, 5) is 12.3. The van der Waals surface area contributed by atoms with E-state index >= 15 is 0 Å². The minimum atomic E-state index is -2.72. The van der Waals surface area contributed by atoms with Crippen molar-refractivity contribution >= 4 is 25.2 Å². The summed E-state index contributed by atoms with van der Waals surface area (Å²) < 4.78 is 57.6. The molecule has 0 spiro atoms. The van der Waals surface area contributed by atoms with E-state index in [-0.39, 0.29) is 38.8 Å². The van der Waals surface area contributed by atoms with E-state index in [4.69, 9.17) is 19.5 Å². The van der Waals surface area contributed by atoms with Gasteiger partial charge in [-0.2, -0.15) is 0 Å². The van der Waals surface area contributed by atoms with Crippen molar-refractivity contribution in [1.82, 2.24) is 19.5 Å². The van der Waals surface area contributed by atoms with Crippen molar-refractivity contribution in [3.05, 3.63) is 12.7 Å². The first-order valence-electron chi connectivity index (χ1n) is 15.5. The van der Waals surface area contributed by atoms with E-state index in [0.29, 0.717) is 29.9 Å². The van der Waals surface area contributed by atoms with Crippen molar-refractivity contribution in [2.45, 2.75) is 142 Å². The fraction of sp³-hybridized carbons (Fsp3) is 0.828. The Kier molecular flexibility index (Phi) is 18.1. The van der Waals surface area contributed by atoms with Crippen LogP contribution in [-0.2, 0) is 24.9 Å². The van der Waals surface area contributed by atoms with Gasteiger partial charge in [0.25, 0.3) is 0 Å². The molecule has 2 N–H and O–H groups in total.